The zero-order valence-corrected chi connectivity index (χ0v) is 18.8. The lowest BCUT2D eigenvalue weighted by atomic mass is 9.86. The zero-order valence-electron chi connectivity index (χ0n) is 18.8. The summed E-state index contributed by atoms with van der Waals surface area (Å²) in [7, 11) is 1.74. The number of hydrogen-bond donors (Lipinski definition) is 2. The number of hydrogen-bond acceptors (Lipinski definition) is 2. The SMILES string of the molecule is COc1ccc(C(C)(C)C)cc1CNc1c(C(C)(C)C)c[nH]c1-c1ccccc1. The molecule has 0 spiro atoms. The van der Waals surface area contributed by atoms with E-state index in [4.69, 9.17) is 4.74 Å². The van der Waals surface area contributed by atoms with Gasteiger partial charge in [0.15, 0.2) is 0 Å². The Balaban J connectivity index is 2.00. The lowest BCUT2D eigenvalue weighted by molar-refractivity contribution is 0.409. The molecule has 0 saturated carbocycles. The Bertz CT molecular complexity index is 957. The fourth-order valence-electron chi connectivity index (χ4n) is 3.60. The van der Waals surface area contributed by atoms with Gasteiger partial charge in [-0.15, -0.1) is 0 Å². The predicted octanol–water partition coefficient (Wildman–Crippen LogP) is 6.90. The third kappa shape index (κ3) is 4.67. The fourth-order valence-corrected chi connectivity index (χ4v) is 3.60. The van der Waals surface area contributed by atoms with Crippen molar-refractivity contribution in [3.05, 3.63) is 71.4 Å². The third-order valence-corrected chi connectivity index (χ3v) is 5.35. The van der Waals surface area contributed by atoms with E-state index >= 15 is 0 Å². The first-order chi connectivity index (χ1) is 13.6. The molecule has 0 atom stereocenters. The molecule has 154 valence electrons. The van der Waals surface area contributed by atoms with E-state index in [1.54, 1.807) is 7.11 Å². The average molecular weight is 391 g/mol. The maximum atomic E-state index is 5.65. The molecule has 0 amide bonds. The summed E-state index contributed by atoms with van der Waals surface area (Å²) in [6.45, 7) is 14.2. The van der Waals surface area contributed by atoms with Gasteiger partial charge < -0.3 is 15.0 Å². The van der Waals surface area contributed by atoms with Crippen molar-refractivity contribution in [3.8, 4) is 17.0 Å². The highest BCUT2D eigenvalue weighted by atomic mass is 16.5. The Labute approximate surface area is 175 Å². The highest BCUT2D eigenvalue weighted by molar-refractivity contribution is 5.78. The number of rotatable bonds is 5. The van der Waals surface area contributed by atoms with Gasteiger partial charge in [0, 0.05) is 23.9 Å². The van der Waals surface area contributed by atoms with Gasteiger partial charge in [-0.05, 0) is 34.1 Å². The highest BCUT2D eigenvalue weighted by Gasteiger charge is 2.23. The zero-order chi connectivity index (χ0) is 21.2. The summed E-state index contributed by atoms with van der Waals surface area (Å²) in [6.07, 6.45) is 2.13. The van der Waals surface area contributed by atoms with E-state index in [1.165, 1.54) is 22.3 Å². The lowest BCUT2D eigenvalue weighted by Crippen LogP contribution is -2.15. The number of aromatic nitrogens is 1. The molecule has 3 rings (SSSR count). The van der Waals surface area contributed by atoms with Crippen molar-refractivity contribution in [2.45, 2.75) is 58.9 Å². The third-order valence-electron chi connectivity index (χ3n) is 5.35. The summed E-state index contributed by atoms with van der Waals surface area (Å²) in [6, 6.07) is 17.0. The molecule has 0 fully saturated rings. The molecule has 0 saturated heterocycles. The molecule has 0 aliphatic carbocycles. The van der Waals surface area contributed by atoms with E-state index in [-0.39, 0.29) is 10.8 Å². The summed E-state index contributed by atoms with van der Waals surface area (Å²) >= 11 is 0. The predicted molar refractivity (Wildman–Crippen MR) is 124 cm³/mol. The molecular formula is C26H34N2O. The fraction of sp³-hybridized carbons (Fsp3) is 0.385. The van der Waals surface area contributed by atoms with Crippen LogP contribution in [0, 0.1) is 0 Å². The van der Waals surface area contributed by atoms with Gasteiger partial charge in [-0.25, -0.2) is 0 Å². The number of benzene rings is 2. The topological polar surface area (TPSA) is 37.0 Å². The smallest absolute Gasteiger partial charge is 0.123 e. The summed E-state index contributed by atoms with van der Waals surface area (Å²) in [5.41, 5.74) is 7.35. The molecule has 29 heavy (non-hydrogen) atoms. The van der Waals surface area contributed by atoms with Crippen LogP contribution in [0.15, 0.2) is 54.7 Å². The lowest BCUT2D eigenvalue weighted by Gasteiger charge is -2.23. The van der Waals surface area contributed by atoms with Gasteiger partial charge in [-0.1, -0.05) is 77.9 Å². The van der Waals surface area contributed by atoms with Crippen LogP contribution in [0.4, 0.5) is 5.69 Å². The molecule has 0 bridgehead atoms. The minimum absolute atomic E-state index is 0.0310. The standard InChI is InChI=1S/C26H34N2O/c1-25(2,3)20-13-14-22(29-7)19(15-20)16-27-24-21(26(4,5)6)17-28-23(24)18-11-9-8-10-12-18/h8-15,17,27-28H,16H2,1-7H3. The van der Waals surface area contributed by atoms with Crippen LogP contribution < -0.4 is 10.1 Å². The van der Waals surface area contributed by atoms with Gasteiger partial charge in [0.2, 0.25) is 0 Å². The van der Waals surface area contributed by atoms with Gasteiger partial charge >= 0.3 is 0 Å². The molecule has 2 aromatic carbocycles. The van der Waals surface area contributed by atoms with Crippen molar-refractivity contribution in [3.63, 3.8) is 0 Å². The average Bonchev–Trinajstić information content (AvgIpc) is 3.10. The van der Waals surface area contributed by atoms with Gasteiger partial charge in [0.05, 0.1) is 18.5 Å². The van der Waals surface area contributed by atoms with Crippen LogP contribution in [0.25, 0.3) is 11.3 Å². The quantitative estimate of drug-likeness (QED) is 0.497. The second-order valence-electron chi connectivity index (χ2n) is 9.70. The van der Waals surface area contributed by atoms with Crippen LogP contribution in [0.2, 0.25) is 0 Å². The Morgan fingerprint density at radius 3 is 2.17 bits per heavy atom. The maximum absolute atomic E-state index is 5.65. The van der Waals surface area contributed by atoms with Crippen LogP contribution in [-0.2, 0) is 17.4 Å². The van der Waals surface area contributed by atoms with E-state index in [2.05, 4.69) is 101 Å². The summed E-state index contributed by atoms with van der Waals surface area (Å²) in [5.74, 6) is 0.916. The number of nitrogens with one attached hydrogen (secondary N) is 2. The molecule has 1 aromatic heterocycles. The molecule has 2 N–H and O–H groups in total. The Morgan fingerprint density at radius 1 is 0.897 bits per heavy atom. The van der Waals surface area contributed by atoms with Crippen molar-refractivity contribution < 1.29 is 4.74 Å². The van der Waals surface area contributed by atoms with Crippen molar-refractivity contribution in [2.24, 2.45) is 0 Å². The van der Waals surface area contributed by atoms with Crippen molar-refractivity contribution >= 4 is 5.69 Å². The first-order valence-corrected chi connectivity index (χ1v) is 10.3. The van der Waals surface area contributed by atoms with Crippen molar-refractivity contribution in [1.29, 1.82) is 0 Å². The molecule has 1 heterocycles. The molecular weight excluding hydrogens is 356 g/mol. The van der Waals surface area contributed by atoms with Crippen molar-refractivity contribution in [1.82, 2.24) is 4.98 Å². The minimum atomic E-state index is 0.0310. The molecule has 3 heteroatoms. The van der Waals surface area contributed by atoms with Gasteiger partial charge in [-0.3, -0.25) is 0 Å². The van der Waals surface area contributed by atoms with Crippen LogP contribution in [0.1, 0.15) is 58.2 Å². The number of ether oxygens (including phenoxy) is 1. The van der Waals surface area contributed by atoms with Crippen LogP contribution in [0.3, 0.4) is 0 Å². The number of methoxy groups -OCH3 is 1. The number of H-pyrrole nitrogens is 1. The molecule has 0 radical (unpaired) electrons. The number of anilines is 1. The van der Waals surface area contributed by atoms with E-state index in [9.17, 15) is 0 Å². The second kappa shape index (κ2) is 7.98. The monoisotopic (exact) mass is 390 g/mol. The van der Waals surface area contributed by atoms with Gasteiger partial charge in [0.25, 0.3) is 0 Å². The minimum Gasteiger partial charge on any atom is -0.496 e. The van der Waals surface area contributed by atoms with E-state index in [0.29, 0.717) is 6.54 Å². The summed E-state index contributed by atoms with van der Waals surface area (Å²) < 4.78 is 5.65. The normalized spacial score (nSPS) is 12.1. The van der Waals surface area contributed by atoms with Crippen molar-refractivity contribution in [2.75, 3.05) is 12.4 Å². The summed E-state index contributed by atoms with van der Waals surface area (Å²) in [4.78, 5) is 3.50. The van der Waals surface area contributed by atoms with E-state index in [0.717, 1.165) is 17.1 Å². The molecule has 3 aromatic rings. The first kappa shape index (κ1) is 21.0. The Kier molecular flexibility index (Phi) is 5.79. The molecule has 0 unspecified atom stereocenters. The first-order valence-electron chi connectivity index (χ1n) is 10.3. The number of aromatic amines is 1. The maximum Gasteiger partial charge on any atom is 0.123 e. The molecule has 0 aliphatic heterocycles. The summed E-state index contributed by atoms with van der Waals surface area (Å²) in [5, 5.41) is 3.73. The van der Waals surface area contributed by atoms with Crippen LogP contribution in [-0.4, -0.2) is 12.1 Å². The molecule has 0 aliphatic rings. The van der Waals surface area contributed by atoms with Crippen LogP contribution in [0.5, 0.6) is 5.75 Å². The van der Waals surface area contributed by atoms with E-state index in [1.807, 2.05) is 6.07 Å². The van der Waals surface area contributed by atoms with E-state index < -0.39 is 0 Å². The largest absolute Gasteiger partial charge is 0.496 e. The van der Waals surface area contributed by atoms with Gasteiger partial charge in [-0.2, -0.15) is 0 Å². The highest BCUT2D eigenvalue weighted by Crippen LogP contribution is 2.38. The van der Waals surface area contributed by atoms with Crippen LogP contribution >= 0.6 is 0 Å². The van der Waals surface area contributed by atoms with Gasteiger partial charge in [0.1, 0.15) is 5.75 Å². The molecule has 3 nitrogen and oxygen atoms in total. The Hall–Kier alpha value is -2.68. The second-order valence-corrected chi connectivity index (χ2v) is 9.70. The Morgan fingerprint density at radius 2 is 1.59 bits per heavy atom.